The minimum Gasteiger partial charge on any atom is -0.369 e. The van der Waals surface area contributed by atoms with E-state index in [-0.39, 0.29) is 56.7 Å². The molecule has 4 saturated carbocycles. The van der Waals surface area contributed by atoms with Crippen molar-refractivity contribution in [3.8, 4) is 0 Å². The number of hydrogen-bond acceptors (Lipinski definition) is 12. The number of aromatic nitrogens is 2. The number of carbonyl (C=O) groups is 4. The van der Waals surface area contributed by atoms with Gasteiger partial charge in [0.15, 0.2) is 19.7 Å². The molecule has 18 heteroatoms. The number of anilines is 4. The summed E-state index contributed by atoms with van der Waals surface area (Å²) in [6.45, 7) is 0.747. The number of fused-ring (bicyclic) bond motifs is 2. The minimum atomic E-state index is -3.48. The Morgan fingerprint density at radius 2 is 1.11 bits per heavy atom. The highest BCUT2D eigenvalue weighted by Gasteiger charge is 2.35. The van der Waals surface area contributed by atoms with Crippen molar-refractivity contribution in [3.63, 3.8) is 0 Å². The van der Waals surface area contributed by atoms with E-state index in [9.17, 15) is 36.0 Å². The van der Waals surface area contributed by atoms with Crippen molar-refractivity contribution < 1.29 is 36.0 Å². The highest BCUT2D eigenvalue weighted by atomic mass is 35.5. The fourth-order valence-electron chi connectivity index (χ4n) is 7.81. The van der Waals surface area contributed by atoms with Crippen molar-refractivity contribution in [2.24, 2.45) is 17.6 Å². The molecule has 3 amide bonds. The molecule has 0 spiro atoms. The first-order chi connectivity index (χ1) is 29.7. The summed E-state index contributed by atoms with van der Waals surface area (Å²) in [7, 11) is -3.52. The molecule has 0 radical (unpaired) electrons. The fraction of sp³-hybridized carbons (Fsp3) is 0.422. The highest BCUT2D eigenvalue weighted by Crippen LogP contribution is 2.44. The third-order valence-corrected chi connectivity index (χ3v) is 14.4. The van der Waals surface area contributed by atoms with Crippen LogP contribution >= 0.6 is 11.6 Å². The SMILES string of the molecule is CN1Cc2nc(CC(=O)C3CC3)cc(Nc3ccc(C4CC4)cc3S(C)(=O)=O)c2C1=O.CN1Cc2nc(Cl)cc(Nc3ccc(C4CC4)cc3S(C)(=O)=O)c2C1=O.NC(=O)C1CC1. The molecule has 0 atom stereocenters. The van der Waals surface area contributed by atoms with Crippen LogP contribution < -0.4 is 16.4 Å². The molecule has 4 aliphatic carbocycles. The third-order valence-electron chi connectivity index (χ3n) is 11.9. The van der Waals surface area contributed by atoms with Gasteiger partial charge in [-0.1, -0.05) is 23.7 Å². The second-order valence-electron chi connectivity index (χ2n) is 17.6. The maximum Gasteiger partial charge on any atom is 0.257 e. The lowest BCUT2D eigenvalue weighted by molar-refractivity contribution is -0.120. The number of rotatable bonds is 12. The van der Waals surface area contributed by atoms with E-state index in [0.717, 1.165) is 62.5 Å². The third kappa shape index (κ3) is 10.2. The van der Waals surface area contributed by atoms with Crippen LogP contribution in [-0.2, 0) is 48.8 Å². The number of halogens is 1. The highest BCUT2D eigenvalue weighted by molar-refractivity contribution is 7.91. The predicted molar refractivity (Wildman–Crippen MR) is 238 cm³/mol. The maximum absolute atomic E-state index is 12.8. The first-order valence-corrected chi connectivity index (χ1v) is 25.2. The van der Waals surface area contributed by atoms with Gasteiger partial charge in [-0.05, 0) is 111 Å². The minimum absolute atomic E-state index is 0.127. The lowest BCUT2D eigenvalue weighted by Crippen LogP contribution is -2.18. The molecule has 2 aromatic heterocycles. The van der Waals surface area contributed by atoms with Crippen molar-refractivity contribution in [1.82, 2.24) is 19.8 Å². The van der Waals surface area contributed by atoms with Crippen molar-refractivity contribution in [2.75, 3.05) is 37.2 Å². The van der Waals surface area contributed by atoms with E-state index in [0.29, 0.717) is 75.9 Å². The molecule has 63 heavy (non-hydrogen) atoms. The van der Waals surface area contributed by atoms with Gasteiger partial charge in [-0.3, -0.25) is 24.2 Å². The number of nitrogens with one attached hydrogen (secondary N) is 2. The Morgan fingerprint density at radius 1 is 0.667 bits per heavy atom. The number of carbonyl (C=O) groups excluding carboxylic acids is 4. The van der Waals surface area contributed by atoms with E-state index < -0.39 is 19.7 Å². The Kier molecular flexibility index (Phi) is 11.9. The molecule has 4 aromatic rings. The molecular formula is C45H50ClN7O8S2. The van der Waals surface area contributed by atoms with Gasteiger partial charge in [0.25, 0.3) is 11.8 Å². The number of sulfone groups is 2. The van der Waals surface area contributed by atoms with Gasteiger partial charge in [-0.2, -0.15) is 0 Å². The second-order valence-corrected chi connectivity index (χ2v) is 21.9. The molecular weight excluding hydrogens is 866 g/mol. The van der Waals surface area contributed by atoms with Crippen LogP contribution in [0.25, 0.3) is 0 Å². The van der Waals surface area contributed by atoms with Gasteiger partial charge >= 0.3 is 0 Å². The monoisotopic (exact) mass is 915 g/mol. The smallest absolute Gasteiger partial charge is 0.257 e. The molecule has 10 rings (SSSR count). The van der Waals surface area contributed by atoms with Gasteiger partial charge in [0, 0.05) is 44.9 Å². The summed E-state index contributed by atoms with van der Waals surface area (Å²) in [4.78, 5) is 59.9. The maximum atomic E-state index is 12.8. The molecule has 4 heterocycles. The van der Waals surface area contributed by atoms with Crippen molar-refractivity contribution in [3.05, 3.63) is 93.0 Å². The van der Waals surface area contributed by atoms with E-state index in [1.54, 1.807) is 60.3 Å². The fourth-order valence-corrected chi connectivity index (χ4v) is 9.76. The summed E-state index contributed by atoms with van der Waals surface area (Å²) >= 11 is 6.10. The van der Waals surface area contributed by atoms with E-state index in [2.05, 4.69) is 20.6 Å². The Morgan fingerprint density at radius 3 is 1.51 bits per heavy atom. The van der Waals surface area contributed by atoms with E-state index >= 15 is 0 Å². The zero-order chi connectivity index (χ0) is 45.1. The topological polar surface area (TPSA) is 219 Å². The number of nitrogens with zero attached hydrogens (tertiary/aromatic N) is 4. The largest absolute Gasteiger partial charge is 0.369 e. The lowest BCUT2D eigenvalue weighted by Gasteiger charge is -2.16. The molecule has 6 aliphatic rings. The Bertz CT molecular complexity index is 2800. The van der Waals surface area contributed by atoms with Gasteiger partial charge in [0.05, 0.1) is 73.8 Å². The summed E-state index contributed by atoms with van der Waals surface area (Å²) in [6.07, 6.45) is 10.8. The number of hydrogen-bond donors (Lipinski definition) is 3. The van der Waals surface area contributed by atoms with Crippen LogP contribution in [0.15, 0.2) is 58.3 Å². The zero-order valence-electron chi connectivity index (χ0n) is 35.5. The standard InChI is InChI=1S/C23H25N3O4S.C18H18ClN3O3S.C4H7NO/c1-26-12-19-22(23(26)28)18(10-16(24-19)11-20(27)14-5-6-14)25-17-8-7-15(13-3-4-13)9-21(17)31(2,29)30;1-22-9-14-17(18(22)23)13(8-16(19)21-14)20-12-6-5-11(10-3-4-10)7-15(12)26(2,24)25;5-4(6)3-1-2-3/h7-10,13-14H,3-6,11-12H2,1-2H3,(H,24,25);5-8,10H,3-4,9H2,1-2H3,(H,20,21);3H,1-2H2,(H2,5,6). The number of pyridine rings is 2. The van der Waals surface area contributed by atoms with Crippen LogP contribution in [0, 0.1) is 11.8 Å². The normalized spacial score (nSPS) is 17.9. The molecule has 4 fully saturated rings. The first kappa shape index (κ1) is 44.2. The molecule has 0 unspecified atom stereocenters. The summed E-state index contributed by atoms with van der Waals surface area (Å²) in [5, 5.41) is 6.56. The zero-order valence-corrected chi connectivity index (χ0v) is 37.9. The summed E-state index contributed by atoms with van der Waals surface area (Å²) in [5.41, 5.74) is 11.4. The number of nitrogens with two attached hydrogens (primary N) is 1. The predicted octanol–water partition coefficient (Wildman–Crippen LogP) is 6.44. The lowest BCUT2D eigenvalue weighted by atomic mass is 10.1. The van der Waals surface area contributed by atoms with Gasteiger partial charge in [0.1, 0.15) is 10.9 Å². The van der Waals surface area contributed by atoms with Crippen LogP contribution in [0.2, 0.25) is 5.15 Å². The number of Topliss-reactive ketones (excluding diaryl/α,β-unsaturated/α-hetero) is 1. The molecule has 15 nitrogen and oxygen atoms in total. The molecule has 2 aliphatic heterocycles. The number of ketones is 1. The Labute approximate surface area is 372 Å². The van der Waals surface area contributed by atoms with Crippen LogP contribution in [0.1, 0.15) is 112 Å². The van der Waals surface area contributed by atoms with E-state index in [1.165, 1.54) is 12.5 Å². The van der Waals surface area contributed by atoms with Gasteiger partial charge in [-0.15, -0.1) is 0 Å². The Balaban J connectivity index is 0.000000154. The molecule has 2 aromatic carbocycles. The van der Waals surface area contributed by atoms with Gasteiger partial charge in [0.2, 0.25) is 5.91 Å². The summed E-state index contributed by atoms with van der Waals surface area (Å²) in [6, 6.07) is 14.2. The van der Waals surface area contributed by atoms with Crippen molar-refractivity contribution >= 4 is 77.5 Å². The molecule has 332 valence electrons. The van der Waals surface area contributed by atoms with E-state index in [4.69, 9.17) is 17.3 Å². The Hall–Kier alpha value is -5.39. The average Bonchev–Trinajstić information content (AvgIpc) is 4.03. The first-order valence-electron chi connectivity index (χ1n) is 21.0. The molecule has 0 saturated heterocycles. The average molecular weight is 917 g/mol. The van der Waals surface area contributed by atoms with Gasteiger partial charge in [-0.25, -0.2) is 21.8 Å². The van der Waals surface area contributed by atoms with Crippen LogP contribution in [-0.4, -0.2) is 86.7 Å². The van der Waals surface area contributed by atoms with Crippen molar-refractivity contribution in [1.29, 1.82) is 0 Å². The van der Waals surface area contributed by atoms with Crippen LogP contribution in [0.3, 0.4) is 0 Å². The molecule has 0 bridgehead atoms. The molecule has 4 N–H and O–H groups in total. The van der Waals surface area contributed by atoms with Crippen LogP contribution in [0.5, 0.6) is 0 Å². The second kappa shape index (κ2) is 17.0. The van der Waals surface area contributed by atoms with Crippen LogP contribution in [0.4, 0.5) is 22.7 Å². The summed E-state index contributed by atoms with van der Waals surface area (Å²) < 4.78 is 49.6. The number of benzene rings is 2. The number of primary amides is 1. The van der Waals surface area contributed by atoms with E-state index in [1.807, 2.05) is 12.1 Å². The number of amides is 3. The summed E-state index contributed by atoms with van der Waals surface area (Å²) in [5.74, 6) is 0.946. The van der Waals surface area contributed by atoms with Gasteiger partial charge < -0.3 is 26.2 Å². The quantitative estimate of drug-likeness (QED) is 0.131. The van der Waals surface area contributed by atoms with Crippen molar-refractivity contribution in [2.45, 2.75) is 92.5 Å².